The van der Waals surface area contributed by atoms with Crippen LogP contribution in [0.25, 0.3) is 11.1 Å². The number of rotatable bonds is 5. The minimum atomic E-state index is -3.70. The number of sulfonamides is 1. The molecular formula is C19H16ClNO3S. The van der Waals surface area contributed by atoms with Crippen molar-refractivity contribution >= 4 is 27.3 Å². The standard InChI is InChI=1S/C19H16ClNO3S/c20-17-8-4-15(5-9-17)16-6-10-19(11-7-16)25(23,24)21-18-3-1-2-14(12-18)13-22/h1-12,21-22H,13H2. The van der Waals surface area contributed by atoms with Crippen molar-refractivity contribution in [3.05, 3.63) is 83.4 Å². The highest BCUT2D eigenvalue weighted by atomic mass is 35.5. The van der Waals surface area contributed by atoms with E-state index in [2.05, 4.69) is 4.72 Å². The van der Waals surface area contributed by atoms with Crippen LogP contribution in [-0.4, -0.2) is 13.5 Å². The van der Waals surface area contributed by atoms with E-state index in [0.29, 0.717) is 16.3 Å². The van der Waals surface area contributed by atoms with E-state index in [9.17, 15) is 8.42 Å². The molecule has 0 aliphatic carbocycles. The second-order valence-corrected chi connectivity index (χ2v) is 7.61. The van der Waals surface area contributed by atoms with Crippen LogP contribution in [0.15, 0.2) is 77.7 Å². The largest absolute Gasteiger partial charge is 0.392 e. The van der Waals surface area contributed by atoms with Crippen LogP contribution in [-0.2, 0) is 16.6 Å². The van der Waals surface area contributed by atoms with Gasteiger partial charge >= 0.3 is 0 Å². The number of hydrogen-bond donors (Lipinski definition) is 2. The summed E-state index contributed by atoms with van der Waals surface area (Å²) in [4.78, 5) is 0.166. The van der Waals surface area contributed by atoms with E-state index in [0.717, 1.165) is 11.1 Å². The molecule has 128 valence electrons. The Bertz CT molecular complexity index is 968. The van der Waals surface area contributed by atoms with Crippen LogP contribution >= 0.6 is 11.6 Å². The van der Waals surface area contributed by atoms with Crippen LogP contribution in [0.3, 0.4) is 0 Å². The molecule has 0 unspecified atom stereocenters. The van der Waals surface area contributed by atoms with Gasteiger partial charge in [-0.05, 0) is 53.1 Å². The van der Waals surface area contributed by atoms with Crippen LogP contribution in [0.4, 0.5) is 5.69 Å². The number of halogens is 1. The molecule has 0 saturated heterocycles. The van der Waals surface area contributed by atoms with E-state index in [1.807, 2.05) is 12.1 Å². The lowest BCUT2D eigenvalue weighted by molar-refractivity contribution is 0.282. The van der Waals surface area contributed by atoms with Crippen molar-refractivity contribution in [1.29, 1.82) is 0 Å². The molecule has 0 saturated carbocycles. The maximum Gasteiger partial charge on any atom is 0.261 e. The topological polar surface area (TPSA) is 66.4 Å². The molecule has 3 aromatic rings. The van der Waals surface area contributed by atoms with E-state index in [-0.39, 0.29) is 11.5 Å². The lowest BCUT2D eigenvalue weighted by atomic mass is 10.1. The molecule has 0 radical (unpaired) electrons. The third-order valence-electron chi connectivity index (χ3n) is 3.70. The molecule has 2 N–H and O–H groups in total. The van der Waals surface area contributed by atoms with Crippen LogP contribution in [0.5, 0.6) is 0 Å². The summed E-state index contributed by atoms with van der Waals surface area (Å²) in [7, 11) is -3.70. The van der Waals surface area contributed by atoms with Crippen molar-refractivity contribution in [1.82, 2.24) is 0 Å². The van der Waals surface area contributed by atoms with Crippen LogP contribution in [0, 0.1) is 0 Å². The van der Waals surface area contributed by atoms with Gasteiger partial charge in [0.2, 0.25) is 0 Å². The zero-order chi connectivity index (χ0) is 17.9. The Hall–Kier alpha value is -2.34. The summed E-state index contributed by atoms with van der Waals surface area (Å²) in [6.07, 6.45) is 0. The maximum atomic E-state index is 12.5. The van der Waals surface area contributed by atoms with E-state index < -0.39 is 10.0 Å². The lowest BCUT2D eigenvalue weighted by Crippen LogP contribution is -2.13. The second kappa shape index (κ2) is 7.27. The molecule has 0 heterocycles. The first kappa shape index (κ1) is 17.5. The number of nitrogens with one attached hydrogen (secondary N) is 1. The summed E-state index contributed by atoms with van der Waals surface area (Å²) in [6.45, 7) is -0.147. The number of aliphatic hydroxyl groups is 1. The quantitative estimate of drug-likeness (QED) is 0.700. The molecule has 3 rings (SSSR count). The monoisotopic (exact) mass is 373 g/mol. The number of hydrogen-bond acceptors (Lipinski definition) is 3. The first-order valence-corrected chi connectivity index (χ1v) is 9.43. The zero-order valence-electron chi connectivity index (χ0n) is 13.2. The average Bonchev–Trinajstić information content (AvgIpc) is 2.62. The summed E-state index contributed by atoms with van der Waals surface area (Å²) in [5.41, 5.74) is 2.90. The zero-order valence-corrected chi connectivity index (χ0v) is 14.8. The summed E-state index contributed by atoms with van der Waals surface area (Å²) in [5, 5.41) is 9.80. The number of benzene rings is 3. The predicted octanol–water partition coefficient (Wildman–Crippen LogP) is 4.30. The van der Waals surface area contributed by atoms with Crippen LogP contribution in [0.2, 0.25) is 5.02 Å². The third-order valence-corrected chi connectivity index (χ3v) is 5.35. The molecule has 0 spiro atoms. The first-order chi connectivity index (χ1) is 12.0. The van der Waals surface area contributed by atoms with Gasteiger partial charge in [-0.25, -0.2) is 8.42 Å². The Labute approximate surface area is 151 Å². The van der Waals surface area contributed by atoms with Gasteiger partial charge in [-0.15, -0.1) is 0 Å². The van der Waals surface area contributed by atoms with E-state index in [1.54, 1.807) is 60.7 Å². The fraction of sp³-hybridized carbons (Fsp3) is 0.0526. The van der Waals surface area contributed by atoms with Gasteiger partial charge in [-0.3, -0.25) is 4.72 Å². The molecule has 0 fully saturated rings. The maximum absolute atomic E-state index is 12.5. The van der Waals surface area contributed by atoms with Crippen LogP contribution < -0.4 is 4.72 Å². The fourth-order valence-electron chi connectivity index (χ4n) is 2.42. The molecule has 0 aliphatic heterocycles. The fourth-order valence-corrected chi connectivity index (χ4v) is 3.59. The molecule has 25 heavy (non-hydrogen) atoms. The van der Waals surface area contributed by atoms with Crippen molar-refractivity contribution in [2.45, 2.75) is 11.5 Å². The van der Waals surface area contributed by atoms with Gasteiger partial charge in [0.05, 0.1) is 11.5 Å². The highest BCUT2D eigenvalue weighted by molar-refractivity contribution is 7.92. The van der Waals surface area contributed by atoms with E-state index in [4.69, 9.17) is 16.7 Å². The summed E-state index contributed by atoms with van der Waals surface area (Å²) < 4.78 is 27.5. The van der Waals surface area contributed by atoms with Gasteiger partial charge in [0, 0.05) is 10.7 Å². The molecule has 0 bridgehead atoms. The molecule has 0 atom stereocenters. The molecule has 0 aliphatic rings. The molecule has 3 aromatic carbocycles. The van der Waals surface area contributed by atoms with Gasteiger partial charge in [-0.2, -0.15) is 0 Å². The predicted molar refractivity (Wildman–Crippen MR) is 100 cm³/mol. The molecule has 0 aromatic heterocycles. The van der Waals surface area contributed by atoms with Gasteiger partial charge in [0.25, 0.3) is 10.0 Å². The minimum absolute atomic E-state index is 0.147. The lowest BCUT2D eigenvalue weighted by Gasteiger charge is -2.10. The minimum Gasteiger partial charge on any atom is -0.392 e. The third kappa shape index (κ3) is 4.20. The molecular weight excluding hydrogens is 358 g/mol. The number of aliphatic hydroxyl groups excluding tert-OH is 1. The number of anilines is 1. The summed E-state index contributed by atoms with van der Waals surface area (Å²) in [5.74, 6) is 0. The Morgan fingerprint density at radius 1 is 0.880 bits per heavy atom. The summed E-state index contributed by atoms with van der Waals surface area (Å²) in [6, 6.07) is 20.6. The molecule has 4 nitrogen and oxygen atoms in total. The van der Waals surface area contributed by atoms with Gasteiger partial charge < -0.3 is 5.11 Å². The summed E-state index contributed by atoms with van der Waals surface area (Å²) >= 11 is 5.88. The Morgan fingerprint density at radius 2 is 1.48 bits per heavy atom. The average molecular weight is 374 g/mol. The Kier molecular flexibility index (Phi) is 5.08. The van der Waals surface area contributed by atoms with E-state index in [1.165, 1.54) is 0 Å². The Morgan fingerprint density at radius 3 is 2.08 bits per heavy atom. The normalized spacial score (nSPS) is 11.3. The smallest absolute Gasteiger partial charge is 0.261 e. The second-order valence-electron chi connectivity index (χ2n) is 5.50. The van der Waals surface area contributed by atoms with Crippen LogP contribution in [0.1, 0.15) is 5.56 Å². The van der Waals surface area contributed by atoms with Crippen molar-refractivity contribution in [3.8, 4) is 11.1 Å². The van der Waals surface area contributed by atoms with Crippen molar-refractivity contribution in [3.63, 3.8) is 0 Å². The molecule has 0 amide bonds. The van der Waals surface area contributed by atoms with Crippen molar-refractivity contribution in [2.24, 2.45) is 0 Å². The van der Waals surface area contributed by atoms with Gasteiger partial charge in [0.15, 0.2) is 0 Å². The highest BCUT2D eigenvalue weighted by Gasteiger charge is 2.14. The SMILES string of the molecule is O=S(=O)(Nc1cccc(CO)c1)c1ccc(-c2ccc(Cl)cc2)cc1. The molecule has 6 heteroatoms. The van der Waals surface area contributed by atoms with Gasteiger partial charge in [0.1, 0.15) is 0 Å². The first-order valence-electron chi connectivity index (χ1n) is 7.56. The van der Waals surface area contributed by atoms with E-state index >= 15 is 0 Å². The van der Waals surface area contributed by atoms with Gasteiger partial charge in [-0.1, -0.05) is 48.0 Å². The van der Waals surface area contributed by atoms with Crippen molar-refractivity contribution < 1.29 is 13.5 Å². The Balaban J connectivity index is 1.83. The highest BCUT2D eigenvalue weighted by Crippen LogP contribution is 2.24. The van der Waals surface area contributed by atoms with Crippen molar-refractivity contribution in [2.75, 3.05) is 4.72 Å².